The monoisotopic (exact) mass is 344 g/mol. The highest BCUT2D eigenvalue weighted by Crippen LogP contribution is 2.35. The molecule has 2 heterocycles. The lowest BCUT2D eigenvalue weighted by molar-refractivity contribution is -0.137. The van der Waals surface area contributed by atoms with Gasteiger partial charge in [0.15, 0.2) is 0 Å². The van der Waals surface area contributed by atoms with E-state index in [1.165, 1.54) is 17.4 Å². The van der Waals surface area contributed by atoms with E-state index >= 15 is 0 Å². The van der Waals surface area contributed by atoms with E-state index in [9.17, 15) is 17.6 Å². The van der Waals surface area contributed by atoms with E-state index in [0.717, 1.165) is 37.8 Å². The third-order valence-electron chi connectivity index (χ3n) is 4.00. The van der Waals surface area contributed by atoms with Crippen LogP contribution in [0.4, 0.5) is 17.6 Å². The van der Waals surface area contributed by atoms with Crippen LogP contribution in [-0.2, 0) is 6.18 Å². The van der Waals surface area contributed by atoms with Crippen LogP contribution in [0.3, 0.4) is 0 Å². The number of rotatable bonds is 3. The van der Waals surface area contributed by atoms with Crippen molar-refractivity contribution in [3.63, 3.8) is 0 Å². The van der Waals surface area contributed by atoms with Crippen LogP contribution >= 0.6 is 11.3 Å². The number of alkyl halides is 3. The number of hydrogen-bond donors (Lipinski definition) is 1. The summed E-state index contributed by atoms with van der Waals surface area (Å²) in [5, 5.41) is 7.04. The van der Waals surface area contributed by atoms with E-state index in [0.29, 0.717) is 11.6 Å². The first-order valence-electron chi connectivity index (χ1n) is 7.30. The standard InChI is InChI=1S/C16H16F4N2S/c17-14-9-12(16(18,19)20)1-2-13(14)15(11-3-8-23-10-11)22-6-4-21-5-7-22/h1-3,8-10,15,21H,4-7H2/t15-/m1/s1. The second kappa shape index (κ2) is 6.59. The van der Waals surface area contributed by atoms with Gasteiger partial charge in [0.1, 0.15) is 5.82 Å². The number of benzene rings is 1. The smallest absolute Gasteiger partial charge is 0.314 e. The van der Waals surface area contributed by atoms with Crippen molar-refractivity contribution in [1.82, 2.24) is 10.2 Å². The first-order chi connectivity index (χ1) is 11.0. The van der Waals surface area contributed by atoms with Crippen LogP contribution in [0.1, 0.15) is 22.7 Å². The van der Waals surface area contributed by atoms with Crippen molar-refractivity contribution >= 4 is 11.3 Å². The molecule has 0 spiro atoms. The van der Waals surface area contributed by atoms with Gasteiger partial charge < -0.3 is 5.32 Å². The lowest BCUT2D eigenvalue weighted by Crippen LogP contribution is -2.45. The van der Waals surface area contributed by atoms with Crippen LogP contribution in [0.25, 0.3) is 0 Å². The van der Waals surface area contributed by atoms with Crippen molar-refractivity contribution in [2.45, 2.75) is 12.2 Å². The lowest BCUT2D eigenvalue weighted by atomic mass is 9.97. The molecule has 1 aliphatic rings. The van der Waals surface area contributed by atoms with E-state index in [1.807, 2.05) is 16.8 Å². The van der Waals surface area contributed by atoms with Gasteiger partial charge in [0.05, 0.1) is 11.6 Å². The van der Waals surface area contributed by atoms with Gasteiger partial charge in [0, 0.05) is 31.7 Å². The zero-order chi connectivity index (χ0) is 16.4. The van der Waals surface area contributed by atoms with Gasteiger partial charge in [-0.2, -0.15) is 24.5 Å². The Labute approximate surface area is 135 Å². The summed E-state index contributed by atoms with van der Waals surface area (Å²) < 4.78 is 52.7. The third-order valence-corrected chi connectivity index (χ3v) is 4.70. The molecule has 1 saturated heterocycles. The van der Waals surface area contributed by atoms with Crippen molar-refractivity contribution in [2.24, 2.45) is 0 Å². The van der Waals surface area contributed by atoms with E-state index in [4.69, 9.17) is 0 Å². The number of hydrogen-bond acceptors (Lipinski definition) is 3. The molecule has 0 unspecified atom stereocenters. The molecule has 3 rings (SSSR count). The van der Waals surface area contributed by atoms with Crippen molar-refractivity contribution in [1.29, 1.82) is 0 Å². The van der Waals surface area contributed by atoms with E-state index in [-0.39, 0.29) is 6.04 Å². The molecule has 1 N–H and O–H groups in total. The molecule has 0 amide bonds. The zero-order valence-corrected chi connectivity index (χ0v) is 13.1. The predicted octanol–water partition coefficient (Wildman–Crippen LogP) is 3.90. The molecule has 23 heavy (non-hydrogen) atoms. The number of nitrogens with one attached hydrogen (secondary N) is 1. The van der Waals surface area contributed by atoms with Crippen LogP contribution in [0.15, 0.2) is 35.0 Å². The summed E-state index contributed by atoms with van der Waals surface area (Å²) in [5.41, 5.74) is 0.247. The minimum atomic E-state index is -4.54. The molecular weight excluding hydrogens is 328 g/mol. The van der Waals surface area contributed by atoms with Crippen molar-refractivity contribution < 1.29 is 17.6 Å². The summed E-state index contributed by atoms with van der Waals surface area (Å²) in [5.74, 6) is -0.811. The van der Waals surface area contributed by atoms with Gasteiger partial charge in [-0.1, -0.05) is 6.07 Å². The zero-order valence-electron chi connectivity index (χ0n) is 12.2. The first-order valence-corrected chi connectivity index (χ1v) is 8.24. The molecule has 1 fully saturated rings. The topological polar surface area (TPSA) is 15.3 Å². The minimum Gasteiger partial charge on any atom is -0.314 e. The molecule has 1 aromatic carbocycles. The van der Waals surface area contributed by atoms with Gasteiger partial charge in [0.25, 0.3) is 0 Å². The second-order valence-electron chi connectivity index (χ2n) is 5.48. The molecule has 1 atom stereocenters. The van der Waals surface area contributed by atoms with Gasteiger partial charge >= 0.3 is 6.18 Å². The van der Waals surface area contributed by atoms with Crippen molar-refractivity contribution in [3.05, 3.63) is 57.5 Å². The van der Waals surface area contributed by atoms with Crippen LogP contribution in [0.2, 0.25) is 0 Å². The Hall–Kier alpha value is -1.44. The molecule has 7 heteroatoms. The van der Waals surface area contributed by atoms with Crippen LogP contribution in [0, 0.1) is 5.82 Å². The van der Waals surface area contributed by atoms with E-state index in [2.05, 4.69) is 10.2 Å². The quantitative estimate of drug-likeness (QED) is 0.850. The molecule has 0 saturated carbocycles. The fourth-order valence-electron chi connectivity index (χ4n) is 2.88. The third kappa shape index (κ3) is 3.57. The Morgan fingerprint density at radius 3 is 2.43 bits per heavy atom. The predicted molar refractivity (Wildman–Crippen MR) is 82.0 cm³/mol. The van der Waals surface area contributed by atoms with Crippen molar-refractivity contribution in [2.75, 3.05) is 26.2 Å². The Bertz CT molecular complexity index is 649. The summed E-state index contributed by atoms with van der Waals surface area (Å²) in [7, 11) is 0. The fraction of sp³-hybridized carbons (Fsp3) is 0.375. The maximum Gasteiger partial charge on any atom is 0.416 e. The maximum absolute atomic E-state index is 14.4. The van der Waals surface area contributed by atoms with Gasteiger partial charge in [0.2, 0.25) is 0 Å². The van der Waals surface area contributed by atoms with Crippen LogP contribution in [0.5, 0.6) is 0 Å². The Kier molecular flexibility index (Phi) is 4.70. The molecule has 2 aromatic rings. The number of thiophene rings is 1. The molecule has 0 radical (unpaired) electrons. The van der Waals surface area contributed by atoms with Gasteiger partial charge in [-0.3, -0.25) is 4.90 Å². The minimum absolute atomic E-state index is 0.290. The molecule has 0 bridgehead atoms. The van der Waals surface area contributed by atoms with Crippen molar-refractivity contribution in [3.8, 4) is 0 Å². The first kappa shape index (κ1) is 16.4. The molecule has 124 valence electrons. The molecule has 1 aliphatic heterocycles. The average molecular weight is 344 g/mol. The Morgan fingerprint density at radius 2 is 1.87 bits per heavy atom. The second-order valence-corrected chi connectivity index (χ2v) is 6.26. The summed E-state index contributed by atoms with van der Waals surface area (Å²) in [6.45, 7) is 3.01. The summed E-state index contributed by atoms with van der Waals surface area (Å²) >= 11 is 1.50. The van der Waals surface area contributed by atoms with Crippen LogP contribution in [-0.4, -0.2) is 31.1 Å². The largest absolute Gasteiger partial charge is 0.416 e. The molecule has 1 aromatic heterocycles. The van der Waals surface area contributed by atoms with Gasteiger partial charge in [-0.25, -0.2) is 4.39 Å². The SMILES string of the molecule is Fc1cc(C(F)(F)F)ccc1[C@@H](c1ccsc1)N1CCNCC1. The number of nitrogens with zero attached hydrogens (tertiary/aromatic N) is 1. The van der Waals surface area contributed by atoms with E-state index in [1.54, 1.807) is 0 Å². The Morgan fingerprint density at radius 1 is 1.13 bits per heavy atom. The van der Waals surface area contributed by atoms with Gasteiger partial charge in [-0.05, 0) is 34.5 Å². The summed E-state index contributed by atoms with van der Waals surface area (Å²) in [4.78, 5) is 2.10. The van der Waals surface area contributed by atoms with Gasteiger partial charge in [-0.15, -0.1) is 0 Å². The highest BCUT2D eigenvalue weighted by Gasteiger charge is 2.33. The van der Waals surface area contributed by atoms with Crippen LogP contribution < -0.4 is 5.32 Å². The van der Waals surface area contributed by atoms with E-state index < -0.39 is 17.6 Å². The number of piperazine rings is 1. The Balaban J connectivity index is 2.00. The lowest BCUT2D eigenvalue weighted by Gasteiger charge is -2.35. The normalized spacial score (nSPS) is 18.1. The summed E-state index contributed by atoms with van der Waals surface area (Å²) in [6.07, 6.45) is -4.54. The molecule has 2 nitrogen and oxygen atoms in total. The molecular formula is C16H16F4N2S. The number of halogens is 4. The fourth-order valence-corrected chi connectivity index (χ4v) is 3.56. The average Bonchev–Trinajstić information content (AvgIpc) is 3.03. The molecule has 0 aliphatic carbocycles. The maximum atomic E-state index is 14.4. The summed E-state index contributed by atoms with van der Waals surface area (Å²) in [6, 6.07) is 4.36. The highest BCUT2D eigenvalue weighted by molar-refractivity contribution is 7.08. The highest BCUT2D eigenvalue weighted by atomic mass is 32.1.